The second-order valence-electron chi connectivity index (χ2n) is 14.1. The SMILES string of the molecule is CCCCCCCCCCCCC(=O)O.CCCCCCCCCCCCC(=O)O.CCCCCCCCCCCCC(=O)OCC(O)CO. The quantitative estimate of drug-likeness (QED) is 0.0371. The van der Waals surface area contributed by atoms with Crippen molar-refractivity contribution in [3.63, 3.8) is 0 Å². The van der Waals surface area contributed by atoms with E-state index >= 15 is 0 Å². The fourth-order valence-corrected chi connectivity index (χ4v) is 5.60. The van der Waals surface area contributed by atoms with E-state index in [2.05, 4.69) is 20.8 Å². The predicted molar refractivity (Wildman–Crippen MR) is 209 cm³/mol. The summed E-state index contributed by atoms with van der Waals surface area (Å²) in [6.07, 6.45) is 37.6. The third kappa shape index (κ3) is 55.7. The van der Waals surface area contributed by atoms with Crippen LogP contribution in [0.15, 0.2) is 0 Å². The molecule has 0 spiro atoms. The lowest BCUT2D eigenvalue weighted by Gasteiger charge is -2.08. The smallest absolute Gasteiger partial charge is 0.305 e. The van der Waals surface area contributed by atoms with Crippen LogP contribution in [0.1, 0.15) is 233 Å². The molecule has 0 saturated carbocycles. The highest BCUT2D eigenvalue weighted by Gasteiger charge is 2.07. The number of rotatable bonds is 36. The van der Waals surface area contributed by atoms with Gasteiger partial charge in [0.25, 0.3) is 0 Å². The summed E-state index contributed by atoms with van der Waals surface area (Å²) in [7, 11) is 0. The van der Waals surface area contributed by atoms with E-state index in [4.69, 9.17) is 25.2 Å². The number of carbonyl (C=O) groups is 3. The number of carbonyl (C=O) groups excluding carboxylic acids is 1. The van der Waals surface area contributed by atoms with Crippen LogP contribution in [0.25, 0.3) is 0 Å². The van der Waals surface area contributed by atoms with Crippen LogP contribution >= 0.6 is 0 Å². The Morgan fingerprint density at radius 2 is 0.660 bits per heavy atom. The molecule has 0 saturated heterocycles. The van der Waals surface area contributed by atoms with Gasteiger partial charge in [-0.2, -0.15) is 0 Å². The Labute approximate surface area is 308 Å². The molecule has 1 atom stereocenters. The minimum atomic E-state index is -0.952. The molecule has 1 unspecified atom stereocenters. The number of esters is 1. The highest BCUT2D eigenvalue weighted by atomic mass is 16.5. The Balaban J connectivity index is -0.000000674. The number of ether oxygens (including phenoxy) is 1. The molecule has 0 aliphatic rings. The van der Waals surface area contributed by atoms with E-state index in [9.17, 15) is 14.4 Å². The first kappa shape index (κ1) is 52.7. The number of hydrogen-bond donors (Lipinski definition) is 4. The summed E-state index contributed by atoms with van der Waals surface area (Å²) in [5.41, 5.74) is 0. The highest BCUT2D eigenvalue weighted by Crippen LogP contribution is 2.13. The third-order valence-electron chi connectivity index (χ3n) is 8.87. The van der Waals surface area contributed by atoms with Crippen LogP contribution in [-0.4, -0.2) is 57.7 Å². The molecule has 0 heterocycles. The molecule has 4 N–H and O–H groups in total. The molecule has 8 nitrogen and oxygen atoms in total. The summed E-state index contributed by atoms with van der Waals surface area (Å²) in [5, 5.41) is 34.5. The van der Waals surface area contributed by atoms with Crippen LogP contribution in [0.3, 0.4) is 0 Å². The van der Waals surface area contributed by atoms with E-state index in [0.29, 0.717) is 19.3 Å². The topological polar surface area (TPSA) is 141 Å². The summed E-state index contributed by atoms with van der Waals surface area (Å²) >= 11 is 0. The van der Waals surface area contributed by atoms with Gasteiger partial charge in [-0.05, 0) is 19.3 Å². The van der Waals surface area contributed by atoms with Crippen molar-refractivity contribution in [2.24, 2.45) is 0 Å². The third-order valence-corrected chi connectivity index (χ3v) is 8.87. The van der Waals surface area contributed by atoms with Crippen molar-refractivity contribution >= 4 is 17.9 Å². The van der Waals surface area contributed by atoms with Gasteiger partial charge in [0.2, 0.25) is 0 Å². The van der Waals surface area contributed by atoms with Crippen LogP contribution in [0.5, 0.6) is 0 Å². The molecule has 0 aromatic carbocycles. The van der Waals surface area contributed by atoms with Gasteiger partial charge in [0.1, 0.15) is 12.7 Å². The van der Waals surface area contributed by atoms with E-state index in [1.165, 1.54) is 154 Å². The first-order valence-corrected chi connectivity index (χ1v) is 21.1. The van der Waals surface area contributed by atoms with E-state index in [0.717, 1.165) is 38.5 Å². The normalized spacial score (nSPS) is 11.2. The Hall–Kier alpha value is -1.67. The molecule has 0 aliphatic carbocycles. The van der Waals surface area contributed by atoms with Crippen molar-refractivity contribution in [2.45, 2.75) is 239 Å². The van der Waals surface area contributed by atoms with Gasteiger partial charge in [-0.1, -0.05) is 194 Å². The Morgan fingerprint density at radius 1 is 0.420 bits per heavy atom. The van der Waals surface area contributed by atoms with Crippen LogP contribution in [-0.2, 0) is 19.1 Å². The first-order valence-electron chi connectivity index (χ1n) is 21.1. The molecule has 50 heavy (non-hydrogen) atoms. The molecule has 0 aromatic rings. The van der Waals surface area contributed by atoms with Gasteiger partial charge in [0, 0.05) is 19.3 Å². The Bertz CT molecular complexity index is 651. The van der Waals surface area contributed by atoms with Gasteiger partial charge in [-0.3, -0.25) is 14.4 Å². The van der Waals surface area contributed by atoms with Gasteiger partial charge < -0.3 is 25.2 Å². The maximum absolute atomic E-state index is 11.3. The van der Waals surface area contributed by atoms with E-state index in [1.807, 2.05) is 0 Å². The minimum absolute atomic E-state index is 0.104. The van der Waals surface area contributed by atoms with E-state index < -0.39 is 18.0 Å². The Morgan fingerprint density at radius 3 is 0.900 bits per heavy atom. The van der Waals surface area contributed by atoms with Gasteiger partial charge in [-0.15, -0.1) is 0 Å². The molecule has 0 fully saturated rings. The van der Waals surface area contributed by atoms with Crippen LogP contribution < -0.4 is 0 Å². The molecular formula is C42H84O8. The zero-order valence-corrected chi connectivity index (χ0v) is 33.2. The van der Waals surface area contributed by atoms with E-state index in [-0.39, 0.29) is 19.2 Å². The zero-order chi connectivity index (χ0) is 37.8. The molecule has 0 amide bonds. The van der Waals surface area contributed by atoms with Crippen LogP contribution in [0.4, 0.5) is 0 Å². The maximum Gasteiger partial charge on any atom is 0.305 e. The second kappa shape index (κ2) is 47.3. The van der Waals surface area contributed by atoms with Crippen molar-refractivity contribution in [1.29, 1.82) is 0 Å². The average Bonchev–Trinajstić information content (AvgIpc) is 3.10. The number of aliphatic hydroxyl groups excluding tert-OH is 2. The molecule has 0 bridgehead atoms. The summed E-state index contributed by atoms with van der Waals surface area (Å²) in [4.78, 5) is 31.8. The maximum atomic E-state index is 11.3. The number of carboxylic acid groups (broad SMARTS) is 2. The Kier molecular flexibility index (Phi) is 49.9. The number of unbranched alkanes of at least 4 members (excludes halogenated alkanes) is 27. The number of aliphatic hydroxyl groups is 2. The van der Waals surface area contributed by atoms with Gasteiger partial charge in [0.05, 0.1) is 6.61 Å². The summed E-state index contributed by atoms with van der Waals surface area (Å²) < 4.78 is 4.83. The largest absolute Gasteiger partial charge is 0.481 e. The molecule has 300 valence electrons. The summed E-state index contributed by atoms with van der Waals surface area (Å²) in [5.74, 6) is -1.60. The zero-order valence-electron chi connectivity index (χ0n) is 33.2. The molecule has 0 aromatic heterocycles. The van der Waals surface area contributed by atoms with Gasteiger partial charge in [0.15, 0.2) is 0 Å². The monoisotopic (exact) mass is 717 g/mol. The van der Waals surface area contributed by atoms with E-state index in [1.54, 1.807) is 0 Å². The minimum Gasteiger partial charge on any atom is -0.481 e. The van der Waals surface area contributed by atoms with Crippen molar-refractivity contribution in [1.82, 2.24) is 0 Å². The second-order valence-corrected chi connectivity index (χ2v) is 14.1. The van der Waals surface area contributed by atoms with Crippen molar-refractivity contribution in [3.8, 4) is 0 Å². The van der Waals surface area contributed by atoms with Crippen molar-refractivity contribution in [2.75, 3.05) is 13.2 Å². The van der Waals surface area contributed by atoms with Crippen LogP contribution in [0.2, 0.25) is 0 Å². The molecule has 8 heteroatoms. The molecule has 0 aliphatic heterocycles. The number of aliphatic carboxylic acids is 2. The first-order chi connectivity index (χ1) is 24.2. The predicted octanol–water partition coefficient (Wildman–Crippen LogP) is 12.0. The van der Waals surface area contributed by atoms with Gasteiger partial charge in [-0.25, -0.2) is 0 Å². The molecule has 0 radical (unpaired) electrons. The lowest BCUT2D eigenvalue weighted by atomic mass is 10.1. The number of carboxylic acids is 2. The molecule has 0 rings (SSSR count). The van der Waals surface area contributed by atoms with Crippen molar-refractivity contribution < 1.29 is 39.5 Å². The number of hydrogen-bond acceptors (Lipinski definition) is 6. The fraction of sp³-hybridized carbons (Fsp3) is 0.929. The van der Waals surface area contributed by atoms with Crippen molar-refractivity contribution in [3.05, 3.63) is 0 Å². The standard InChI is InChI=1S/C16H32O4.2C13H26O2/c1-2-3-4-5-6-7-8-9-10-11-12-16(19)20-14-15(18)13-17;2*1-2-3-4-5-6-7-8-9-10-11-12-13(14)15/h15,17-18H,2-14H2,1H3;2*2-12H2,1H3,(H,14,15). The molecular weight excluding hydrogens is 632 g/mol. The lowest BCUT2D eigenvalue weighted by Crippen LogP contribution is -2.21. The summed E-state index contributed by atoms with van der Waals surface area (Å²) in [6.45, 7) is 6.24. The summed E-state index contributed by atoms with van der Waals surface area (Å²) in [6, 6.07) is 0. The average molecular weight is 717 g/mol. The van der Waals surface area contributed by atoms with Gasteiger partial charge >= 0.3 is 17.9 Å². The van der Waals surface area contributed by atoms with Crippen LogP contribution in [0, 0.1) is 0 Å². The lowest BCUT2D eigenvalue weighted by molar-refractivity contribution is -0.147. The highest BCUT2D eigenvalue weighted by molar-refractivity contribution is 5.69. The fourth-order valence-electron chi connectivity index (χ4n) is 5.60.